The Morgan fingerprint density at radius 3 is 2.36 bits per heavy atom. The summed E-state index contributed by atoms with van der Waals surface area (Å²) in [6.07, 6.45) is 0. The highest BCUT2D eigenvalue weighted by Crippen LogP contribution is 2.28. The maximum absolute atomic E-state index is 11.3. The zero-order valence-electron chi connectivity index (χ0n) is 8.84. The third-order valence-corrected chi connectivity index (χ3v) is 2.40. The molecule has 0 aliphatic heterocycles. The molecule has 0 aromatic heterocycles. The Hall–Kier alpha value is -1.51. The van der Waals surface area contributed by atoms with Crippen LogP contribution in [0.15, 0.2) is 6.07 Å². The molecule has 0 fully saturated rings. The molecule has 0 heterocycles. The molecular formula is C11H14O3. The Bertz CT molecular complexity index is 381. The van der Waals surface area contributed by atoms with E-state index in [4.69, 9.17) is 0 Å². The van der Waals surface area contributed by atoms with Crippen molar-refractivity contribution in [3.63, 3.8) is 0 Å². The van der Waals surface area contributed by atoms with Crippen molar-refractivity contribution >= 4 is 5.97 Å². The molecule has 0 atom stereocenters. The number of phenols is 1. The molecule has 3 heteroatoms. The first kappa shape index (κ1) is 10.6. The quantitative estimate of drug-likeness (QED) is 0.696. The van der Waals surface area contributed by atoms with E-state index in [1.54, 1.807) is 13.8 Å². The molecule has 0 bridgehead atoms. The van der Waals surface area contributed by atoms with Crippen molar-refractivity contribution in [1.82, 2.24) is 0 Å². The maximum atomic E-state index is 11.3. The van der Waals surface area contributed by atoms with Crippen molar-refractivity contribution in [2.75, 3.05) is 7.11 Å². The molecule has 1 rings (SSSR count). The highest BCUT2D eigenvalue weighted by molar-refractivity contribution is 5.94. The first-order valence-corrected chi connectivity index (χ1v) is 4.37. The van der Waals surface area contributed by atoms with Crippen molar-refractivity contribution in [2.45, 2.75) is 20.8 Å². The molecule has 14 heavy (non-hydrogen) atoms. The molecule has 0 saturated heterocycles. The lowest BCUT2D eigenvalue weighted by Gasteiger charge is -2.11. The van der Waals surface area contributed by atoms with Crippen LogP contribution in [0.2, 0.25) is 0 Å². The van der Waals surface area contributed by atoms with Crippen molar-refractivity contribution < 1.29 is 14.6 Å². The van der Waals surface area contributed by atoms with Gasteiger partial charge in [0.2, 0.25) is 0 Å². The summed E-state index contributed by atoms with van der Waals surface area (Å²) in [5.41, 5.74) is 2.68. The molecule has 3 nitrogen and oxygen atoms in total. The van der Waals surface area contributed by atoms with Crippen LogP contribution in [0.5, 0.6) is 5.75 Å². The van der Waals surface area contributed by atoms with Crippen molar-refractivity contribution in [1.29, 1.82) is 0 Å². The van der Waals surface area contributed by atoms with Crippen LogP contribution in [-0.2, 0) is 4.74 Å². The normalized spacial score (nSPS) is 10.0. The summed E-state index contributed by atoms with van der Waals surface area (Å²) >= 11 is 0. The Kier molecular flexibility index (Phi) is 2.79. The van der Waals surface area contributed by atoms with Gasteiger partial charge in [0.05, 0.1) is 7.11 Å². The Balaban J connectivity index is 3.44. The standard InChI is InChI=1S/C11H14O3/c1-6-5-7(2)9(11(13)14-4)10(12)8(6)3/h5,12H,1-4H3. The first-order valence-electron chi connectivity index (χ1n) is 4.37. The van der Waals surface area contributed by atoms with Gasteiger partial charge in [-0.3, -0.25) is 0 Å². The molecule has 0 spiro atoms. The topological polar surface area (TPSA) is 46.5 Å². The third-order valence-electron chi connectivity index (χ3n) is 2.40. The number of hydrogen-bond acceptors (Lipinski definition) is 3. The Morgan fingerprint density at radius 2 is 1.86 bits per heavy atom. The number of ether oxygens (including phenoxy) is 1. The van der Waals surface area contributed by atoms with Gasteiger partial charge in [0.1, 0.15) is 11.3 Å². The van der Waals surface area contributed by atoms with Crippen LogP contribution in [0.4, 0.5) is 0 Å². The van der Waals surface area contributed by atoms with Crippen LogP contribution >= 0.6 is 0 Å². The van der Waals surface area contributed by atoms with Gasteiger partial charge >= 0.3 is 5.97 Å². The summed E-state index contributed by atoms with van der Waals surface area (Å²) in [6.45, 7) is 5.44. The average Bonchev–Trinajstić information content (AvgIpc) is 2.14. The van der Waals surface area contributed by atoms with Gasteiger partial charge in [0, 0.05) is 0 Å². The van der Waals surface area contributed by atoms with E-state index in [0.29, 0.717) is 0 Å². The number of carbonyl (C=O) groups excluding carboxylic acids is 1. The van der Waals surface area contributed by atoms with Crippen LogP contribution in [0.25, 0.3) is 0 Å². The zero-order valence-corrected chi connectivity index (χ0v) is 8.84. The smallest absolute Gasteiger partial charge is 0.341 e. The molecule has 1 aromatic rings. The number of aryl methyl sites for hydroxylation is 2. The van der Waals surface area contributed by atoms with E-state index in [0.717, 1.165) is 16.7 Å². The number of carbonyl (C=O) groups is 1. The van der Waals surface area contributed by atoms with Gasteiger partial charge in [0.15, 0.2) is 0 Å². The highest BCUT2D eigenvalue weighted by Gasteiger charge is 2.17. The van der Waals surface area contributed by atoms with Gasteiger partial charge in [-0.15, -0.1) is 0 Å². The summed E-state index contributed by atoms with van der Waals surface area (Å²) in [5.74, 6) is -0.475. The number of hydrogen-bond donors (Lipinski definition) is 1. The number of esters is 1. The zero-order chi connectivity index (χ0) is 10.9. The second-order valence-corrected chi connectivity index (χ2v) is 3.35. The average molecular weight is 194 g/mol. The van der Waals surface area contributed by atoms with Crippen LogP contribution < -0.4 is 0 Å². The molecule has 1 aromatic carbocycles. The van der Waals surface area contributed by atoms with E-state index in [9.17, 15) is 9.90 Å². The Labute approximate surface area is 83.3 Å². The van der Waals surface area contributed by atoms with Crippen molar-refractivity contribution in [3.05, 3.63) is 28.3 Å². The second kappa shape index (κ2) is 3.70. The van der Waals surface area contributed by atoms with E-state index >= 15 is 0 Å². The summed E-state index contributed by atoms with van der Waals surface area (Å²) < 4.78 is 4.59. The molecule has 76 valence electrons. The fourth-order valence-electron chi connectivity index (χ4n) is 1.43. The van der Waals surface area contributed by atoms with E-state index < -0.39 is 5.97 Å². The van der Waals surface area contributed by atoms with Gasteiger partial charge < -0.3 is 9.84 Å². The summed E-state index contributed by atoms with van der Waals surface area (Å²) in [6, 6.07) is 1.86. The number of rotatable bonds is 1. The third kappa shape index (κ3) is 1.58. The summed E-state index contributed by atoms with van der Waals surface area (Å²) in [4.78, 5) is 11.3. The van der Waals surface area contributed by atoms with Crippen LogP contribution in [0.3, 0.4) is 0 Å². The number of methoxy groups -OCH3 is 1. The summed E-state index contributed by atoms with van der Waals surface area (Å²) in [5, 5.41) is 9.76. The van der Waals surface area contributed by atoms with Crippen LogP contribution in [0.1, 0.15) is 27.0 Å². The van der Waals surface area contributed by atoms with Crippen LogP contribution in [-0.4, -0.2) is 18.2 Å². The van der Waals surface area contributed by atoms with E-state index in [1.165, 1.54) is 7.11 Å². The SMILES string of the molecule is COC(=O)c1c(C)cc(C)c(C)c1O. The van der Waals surface area contributed by atoms with Gasteiger partial charge in [-0.25, -0.2) is 4.79 Å². The lowest BCUT2D eigenvalue weighted by Crippen LogP contribution is -2.05. The lowest BCUT2D eigenvalue weighted by atomic mass is 9.99. The van der Waals surface area contributed by atoms with Gasteiger partial charge in [-0.05, 0) is 37.5 Å². The first-order chi connectivity index (χ1) is 6.49. The number of benzene rings is 1. The van der Waals surface area contributed by atoms with Crippen molar-refractivity contribution in [2.24, 2.45) is 0 Å². The molecular weight excluding hydrogens is 180 g/mol. The van der Waals surface area contributed by atoms with E-state index in [-0.39, 0.29) is 11.3 Å². The predicted molar refractivity (Wildman–Crippen MR) is 53.7 cm³/mol. The minimum absolute atomic E-state index is 0.0225. The van der Waals surface area contributed by atoms with Crippen molar-refractivity contribution in [3.8, 4) is 5.75 Å². The Morgan fingerprint density at radius 1 is 1.29 bits per heavy atom. The maximum Gasteiger partial charge on any atom is 0.341 e. The summed E-state index contributed by atoms with van der Waals surface area (Å²) in [7, 11) is 1.30. The minimum Gasteiger partial charge on any atom is -0.507 e. The lowest BCUT2D eigenvalue weighted by molar-refractivity contribution is 0.0596. The molecule has 0 unspecified atom stereocenters. The fourth-order valence-corrected chi connectivity index (χ4v) is 1.43. The molecule has 1 N–H and O–H groups in total. The van der Waals surface area contributed by atoms with Gasteiger partial charge in [-0.2, -0.15) is 0 Å². The molecule has 0 amide bonds. The monoisotopic (exact) mass is 194 g/mol. The highest BCUT2D eigenvalue weighted by atomic mass is 16.5. The van der Waals surface area contributed by atoms with Crippen LogP contribution in [0, 0.1) is 20.8 Å². The predicted octanol–water partition coefficient (Wildman–Crippen LogP) is 2.10. The fraction of sp³-hybridized carbons (Fsp3) is 0.364. The van der Waals surface area contributed by atoms with E-state index in [2.05, 4.69) is 4.74 Å². The minimum atomic E-state index is -0.497. The molecule has 0 radical (unpaired) electrons. The van der Waals surface area contributed by atoms with Gasteiger partial charge in [0.25, 0.3) is 0 Å². The van der Waals surface area contributed by atoms with Gasteiger partial charge in [-0.1, -0.05) is 6.07 Å². The molecule has 0 aliphatic rings. The van der Waals surface area contributed by atoms with E-state index in [1.807, 2.05) is 13.0 Å². The molecule has 0 saturated carbocycles. The molecule has 0 aliphatic carbocycles. The number of phenolic OH excluding ortho intramolecular Hbond substituents is 1. The second-order valence-electron chi connectivity index (χ2n) is 3.35. The largest absolute Gasteiger partial charge is 0.507 e. The number of aromatic hydroxyl groups is 1.